The van der Waals surface area contributed by atoms with Crippen molar-refractivity contribution in [3.8, 4) is 5.75 Å². The maximum absolute atomic E-state index is 6.02. The molecule has 3 heteroatoms. The summed E-state index contributed by atoms with van der Waals surface area (Å²) in [5.74, 6) is 1.63. The van der Waals surface area contributed by atoms with Crippen LogP contribution in [0.15, 0.2) is 24.3 Å². The molecular formula is C17H30N2O. The number of hydrogen-bond acceptors (Lipinski definition) is 3. The van der Waals surface area contributed by atoms with Gasteiger partial charge >= 0.3 is 0 Å². The van der Waals surface area contributed by atoms with Crippen LogP contribution in [-0.4, -0.2) is 31.1 Å². The lowest BCUT2D eigenvalue weighted by atomic mass is 10.0. The van der Waals surface area contributed by atoms with E-state index in [-0.39, 0.29) is 0 Å². The van der Waals surface area contributed by atoms with Gasteiger partial charge in [-0.2, -0.15) is 0 Å². The fourth-order valence-electron chi connectivity index (χ4n) is 2.45. The lowest BCUT2D eigenvalue weighted by molar-refractivity contribution is 0.182. The van der Waals surface area contributed by atoms with Crippen molar-refractivity contribution in [1.82, 2.24) is 4.90 Å². The second-order valence-electron chi connectivity index (χ2n) is 5.35. The fraction of sp³-hybridized carbons (Fsp3) is 0.647. The van der Waals surface area contributed by atoms with Crippen LogP contribution in [0.5, 0.6) is 5.75 Å². The smallest absolute Gasteiger partial charge is 0.119 e. The minimum atomic E-state index is 0.296. The number of ether oxygens (including phenoxy) is 1. The molecule has 0 aliphatic rings. The number of nitrogens with two attached hydrogens (primary N) is 1. The molecule has 0 bridgehead atoms. The first-order valence-electron chi connectivity index (χ1n) is 7.83. The first-order chi connectivity index (χ1) is 9.65. The molecule has 114 valence electrons. The molecule has 0 fully saturated rings. The summed E-state index contributed by atoms with van der Waals surface area (Å²) in [6, 6.07) is 8.66. The number of hydrogen-bond donors (Lipinski definition) is 1. The number of nitrogens with zero attached hydrogens (tertiary/aromatic N) is 1. The molecule has 0 amide bonds. The van der Waals surface area contributed by atoms with Crippen molar-refractivity contribution in [2.24, 2.45) is 11.7 Å². The largest absolute Gasteiger partial charge is 0.494 e. The average Bonchev–Trinajstić information content (AvgIpc) is 2.48. The predicted molar refractivity (Wildman–Crippen MR) is 86.1 cm³/mol. The highest BCUT2D eigenvalue weighted by atomic mass is 16.5. The Kier molecular flexibility index (Phi) is 7.63. The summed E-state index contributed by atoms with van der Waals surface area (Å²) in [6.45, 7) is 12.2. The summed E-state index contributed by atoms with van der Waals surface area (Å²) in [5, 5.41) is 0. The first-order valence-corrected chi connectivity index (χ1v) is 7.83. The van der Waals surface area contributed by atoms with E-state index in [0.29, 0.717) is 25.1 Å². The Balaban J connectivity index is 2.81. The van der Waals surface area contributed by atoms with Gasteiger partial charge in [0.15, 0.2) is 0 Å². The molecule has 2 unspecified atom stereocenters. The molecule has 0 saturated carbocycles. The molecule has 0 saturated heterocycles. The van der Waals surface area contributed by atoms with E-state index in [4.69, 9.17) is 10.5 Å². The van der Waals surface area contributed by atoms with E-state index in [1.54, 1.807) is 0 Å². The lowest BCUT2D eigenvalue weighted by Gasteiger charge is -2.32. The Morgan fingerprint density at radius 2 is 1.80 bits per heavy atom. The topological polar surface area (TPSA) is 38.5 Å². The van der Waals surface area contributed by atoms with Gasteiger partial charge in [-0.3, -0.25) is 4.90 Å². The number of benzene rings is 1. The second-order valence-corrected chi connectivity index (χ2v) is 5.35. The fourth-order valence-corrected chi connectivity index (χ4v) is 2.45. The highest BCUT2D eigenvalue weighted by Gasteiger charge is 2.19. The van der Waals surface area contributed by atoms with Crippen LogP contribution in [0, 0.1) is 5.92 Å². The molecule has 1 aromatic carbocycles. The van der Waals surface area contributed by atoms with Gasteiger partial charge in [0, 0.05) is 19.1 Å². The summed E-state index contributed by atoms with van der Waals surface area (Å²) < 4.78 is 5.50. The quantitative estimate of drug-likeness (QED) is 0.752. The Morgan fingerprint density at radius 3 is 2.25 bits per heavy atom. The highest BCUT2D eigenvalue weighted by molar-refractivity contribution is 5.29. The molecule has 0 spiro atoms. The van der Waals surface area contributed by atoms with Crippen LogP contribution >= 0.6 is 0 Å². The highest BCUT2D eigenvalue weighted by Crippen LogP contribution is 2.23. The van der Waals surface area contributed by atoms with Crippen molar-refractivity contribution >= 4 is 0 Å². The SMILES string of the molecule is CCOc1ccc(C(CN)N(CC)CC(C)CC)cc1. The third-order valence-corrected chi connectivity index (χ3v) is 3.89. The predicted octanol–water partition coefficient (Wildman–Crippen LogP) is 3.45. The zero-order valence-electron chi connectivity index (χ0n) is 13.4. The van der Waals surface area contributed by atoms with E-state index in [0.717, 1.165) is 18.8 Å². The Labute approximate surface area is 124 Å². The standard InChI is InChI=1S/C17H30N2O/c1-5-14(4)13-19(6-2)17(12-18)15-8-10-16(11-9-15)20-7-3/h8-11,14,17H,5-7,12-13,18H2,1-4H3. The van der Waals surface area contributed by atoms with E-state index < -0.39 is 0 Å². The number of likely N-dealkylation sites (N-methyl/N-ethyl adjacent to an activating group) is 1. The molecule has 0 aromatic heterocycles. The molecule has 0 aliphatic heterocycles. The zero-order valence-corrected chi connectivity index (χ0v) is 13.4. The van der Waals surface area contributed by atoms with Crippen LogP contribution < -0.4 is 10.5 Å². The van der Waals surface area contributed by atoms with Crippen LogP contribution in [0.4, 0.5) is 0 Å². The molecule has 1 rings (SSSR count). The Bertz CT molecular complexity index is 364. The van der Waals surface area contributed by atoms with Crippen LogP contribution in [-0.2, 0) is 0 Å². The van der Waals surface area contributed by atoms with Crippen molar-refractivity contribution < 1.29 is 4.74 Å². The van der Waals surface area contributed by atoms with Crippen molar-refractivity contribution in [2.75, 3.05) is 26.2 Å². The van der Waals surface area contributed by atoms with Gasteiger partial charge in [-0.1, -0.05) is 39.3 Å². The van der Waals surface area contributed by atoms with Gasteiger partial charge < -0.3 is 10.5 Å². The third kappa shape index (κ3) is 4.80. The van der Waals surface area contributed by atoms with E-state index in [2.05, 4.69) is 37.8 Å². The normalized spacial score (nSPS) is 14.3. The first kappa shape index (κ1) is 17.0. The molecule has 0 heterocycles. The van der Waals surface area contributed by atoms with Crippen LogP contribution in [0.2, 0.25) is 0 Å². The maximum Gasteiger partial charge on any atom is 0.119 e. The van der Waals surface area contributed by atoms with Crippen LogP contribution in [0.1, 0.15) is 45.7 Å². The van der Waals surface area contributed by atoms with Crippen molar-refractivity contribution in [2.45, 2.75) is 40.2 Å². The van der Waals surface area contributed by atoms with E-state index in [9.17, 15) is 0 Å². The Morgan fingerprint density at radius 1 is 1.15 bits per heavy atom. The molecule has 20 heavy (non-hydrogen) atoms. The van der Waals surface area contributed by atoms with Gasteiger partial charge in [-0.25, -0.2) is 0 Å². The second kappa shape index (κ2) is 8.98. The summed E-state index contributed by atoms with van der Waals surface area (Å²) in [5.41, 5.74) is 7.30. The molecular weight excluding hydrogens is 248 g/mol. The summed E-state index contributed by atoms with van der Waals surface area (Å²) in [6.07, 6.45) is 1.21. The zero-order chi connectivity index (χ0) is 15.0. The molecule has 0 radical (unpaired) electrons. The molecule has 2 N–H and O–H groups in total. The average molecular weight is 278 g/mol. The molecule has 2 atom stereocenters. The van der Waals surface area contributed by atoms with Crippen molar-refractivity contribution in [1.29, 1.82) is 0 Å². The van der Waals surface area contributed by atoms with Gasteiger partial charge in [0.2, 0.25) is 0 Å². The van der Waals surface area contributed by atoms with Gasteiger partial charge in [0.25, 0.3) is 0 Å². The Hall–Kier alpha value is -1.06. The molecule has 0 aliphatic carbocycles. The summed E-state index contributed by atoms with van der Waals surface area (Å²) in [7, 11) is 0. The van der Waals surface area contributed by atoms with E-state index >= 15 is 0 Å². The van der Waals surface area contributed by atoms with Crippen LogP contribution in [0.25, 0.3) is 0 Å². The van der Waals surface area contributed by atoms with E-state index in [1.807, 2.05) is 19.1 Å². The van der Waals surface area contributed by atoms with Gasteiger partial charge in [0.1, 0.15) is 5.75 Å². The molecule has 1 aromatic rings. The minimum Gasteiger partial charge on any atom is -0.494 e. The van der Waals surface area contributed by atoms with Crippen LogP contribution in [0.3, 0.4) is 0 Å². The van der Waals surface area contributed by atoms with Crippen molar-refractivity contribution in [3.05, 3.63) is 29.8 Å². The monoisotopic (exact) mass is 278 g/mol. The minimum absolute atomic E-state index is 0.296. The van der Waals surface area contributed by atoms with Gasteiger partial charge in [-0.05, 0) is 37.1 Å². The van der Waals surface area contributed by atoms with Gasteiger partial charge in [-0.15, -0.1) is 0 Å². The van der Waals surface area contributed by atoms with Gasteiger partial charge in [0.05, 0.1) is 6.61 Å². The van der Waals surface area contributed by atoms with Crippen molar-refractivity contribution in [3.63, 3.8) is 0 Å². The molecule has 3 nitrogen and oxygen atoms in total. The maximum atomic E-state index is 6.02. The lowest BCUT2D eigenvalue weighted by Crippen LogP contribution is -2.36. The van der Waals surface area contributed by atoms with E-state index in [1.165, 1.54) is 12.0 Å². The number of rotatable bonds is 9. The summed E-state index contributed by atoms with van der Waals surface area (Å²) in [4.78, 5) is 2.48. The summed E-state index contributed by atoms with van der Waals surface area (Å²) >= 11 is 0. The third-order valence-electron chi connectivity index (χ3n) is 3.89.